The molecule has 0 radical (unpaired) electrons. The molecule has 2 aromatic rings. The average Bonchev–Trinajstić information content (AvgIpc) is 3.09. The lowest BCUT2D eigenvalue weighted by molar-refractivity contribution is 0.0522. The van der Waals surface area contributed by atoms with Crippen molar-refractivity contribution in [2.45, 2.75) is 19.5 Å². The quantitative estimate of drug-likeness (QED) is 0.758. The molecule has 0 aliphatic carbocycles. The van der Waals surface area contributed by atoms with Crippen molar-refractivity contribution in [2.75, 3.05) is 47.0 Å². The van der Waals surface area contributed by atoms with Gasteiger partial charge in [0.15, 0.2) is 0 Å². The Bertz CT molecular complexity index is 659. The van der Waals surface area contributed by atoms with Crippen molar-refractivity contribution >= 4 is 0 Å². The first-order chi connectivity index (χ1) is 12.2. The second-order valence-corrected chi connectivity index (χ2v) is 6.34. The van der Waals surface area contributed by atoms with Gasteiger partial charge in [0.2, 0.25) is 11.8 Å². The molecule has 1 aliphatic rings. The highest BCUT2D eigenvalue weighted by atomic mass is 16.5. The van der Waals surface area contributed by atoms with Gasteiger partial charge in [0.1, 0.15) is 5.75 Å². The third-order valence-electron chi connectivity index (χ3n) is 4.59. The summed E-state index contributed by atoms with van der Waals surface area (Å²) in [6.07, 6.45) is 0. The molecule has 1 saturated heterocycles. The Morgan fingerprint density at radius 1 is 1.16 bits per heavy atom. The van der Waals surface area contributed by atoms with Crippen LogP contribution in [0.1, 0.15) is 12.8 Å². The van der Waals surface area contributed by atoms with Crippen LogP contribution in [-0.4, -0.2) is 73.0 Å². The van der Waals surface area contributed by atoms with Crippen molar-refractivity contribution in [1.29, 1.82) is 0 Å². The molecule has 0 saturated carbocycles. The highest BCUT2D eigenvalue weighted by Gasteiger charge is 2.24. The van der Waals surface area contributed by atoms with Gasteiger partial charge in [-0.3, -0.25) is 9.80 Å². The van der Waals surface area contributed by atoms with Crippen LogP contribution in [0.3, 0.4) is 0 Å². The van der Waals surface area contributed by atoms with E-state index in [0.29, 0.717) is 24.4 Å². The number of methoxy groups -OCH3 is 2. The van der Waals surface area contributed by atoms with Crippen molar-refractivity contribution in [1.82, 2.24) is 20.0 Å². The maximum absolute atomic E-state index is 5.83. The fourth-order valence-electron chi connectivity index (χ4n) is 3.11. The molecule has 7 heteroatoms. The number of rotatable bonds is 7. The van der Waals surface area contributed by atoms with E-state index in [1.165, 1.54) is 0 Å². The van der Waals surface area contributed by atoms with E-state index in [-0.39, 0.29) is 0 Å². The molecule has 7 nitrogen and oxygen atoms in total. The van der Waals surface area contributed by atoms with Crippen LogP contribution in [0.2, 0.25) is 0 Å². The van der Waals surface area contributed by atoms with Gasteiger partial charge in [-0.05, 0) is 31.2 Å². The number of hydrogen-bond acceptors (Lipinski definition) is 7. The SMILES string of the molecule is COCCN1CCN(Cc2nnc(-c3ccc(OC)cc3)o2)C[C@H]1C. The summed E-state index contributed by atoms with van der Waals surface area (Å²) in [5.41, 5.74) is 0.900. The average molecular weight is 346 g/mol. The molecule has 1 fully saturated rings. The smallest absolute Gasteiger partial charge is 0.247 e. The van der Waals surface area contributed by atoms with E-state index >= 15 is 0 Å². The summed E-state index contributed by atoms with van der Waals surface area (Å²) in [7, 11) is 3.40. The molecule has 2 heterocycles. The Labute approximate surface area is 148 Å². The molecule has 1 atom stereocenters. The predicted octanol–water partition coefficient (Wildman–Crippen LogP) is 1.90. The van der Waals surface area contributed by atoms with Gasteiger partial charge in [0.05, 0.1) is 20.3 Å². The second-order valence-electron chi connectivity index (χ2n) is 6.34. The van der Waals surface area contributed by atoms with E-state index in [9.17, 15) is 0 Å². The summed E-state index contributed by atoms with van der Waals surface area (Å²) in [5, 5.41) is 8.37. The third-order valence-corrected chi connectivity index (χ3v) is 4.59. The fourth-order valence-corrected chi connectivity index (χ4v) is 3.11. The zero-order valence-electron chi connectivity index (χ0n) is 15.1. The van der Waals surface area contributed by atoms with Crippen LogP contribution in [0.5, 0.6) is 5.75 Å². The molecule has 1 aromatic carbocycles. The van der Waals surface area contributed by atoms with Crippen LogP contribution in [-0.2, 0) is 11.3 Å². The minimum absolute atomic E-state index is 0.493. The monoisotopic (exact) mass is 346 g/mol. The number of nitrogens with zero attached hydrogens (tertiary/aromatic N) is 4. The first-order valence-corrected chi connectivity index (χ1v) is 8.61. The molecule has 0 N–H and O–H groups in total. The van der Waals surface area contributed by atoms with E-state index < -0.39 is 0 Å². The summed E-state index contributed by atoms with van der Waals surface area (Å²) in [6.45, 7) is 7.71. The van der Waals surface area contributed by atoms with Gasteiger partial charge in [0, 0.05) is 44.9 Å². The third kappa shape index (κ3) is 4.56. The maximum atomic E-state index is 5.83. The van der Waals surface area contributed by atoms with Crippen molar-refractivity contribution in [3.05, 3.63) is 30.2 Å². The van der Waals surface area contributed by atoms with Gasteiger partial charge in [-0.1, -0.05) is 0 Å². The van der Waals surface area contributed by atoms with Gasteiger partial charge in [-0.15, -0.1) is 10.2 Å². The highest BCUT2D eigenvalue weighted by Crippen LogP contribution is 2.22. The van der Waals surface area contributed by atoms with Crippen LogP contribution in [0.25, 0.3) is 11.5 Å². The molecular formula is C18H26N4O3. The highest BCUT2D eigenvalue weighted by molar-refractivity contribution is 5.53. The fraction of sp³-hybridized carbons (Fsp3) is 0.556. The van der Waals surface area contributed by atoms with Crippen LogP contribution in [0.15, 0.2) is 28.7 Å². The molecule has 0 spiro atoms. The van der Waals surface area contributed by atoms with Gasteiger partial charge in [-0.2, -0.15) is 0 Å². The maximum Gasteiger partial charge on any atom is 0.247 e. The summed E-state index contributed by atoms with van der Waals surface area (Å²) in [6, 6.07) is 8.12. The molecule has 0 bridgehead atoms. The lowest BCUT2D eigenvalue weighted by Gasteiger charge is -2.39. The molecule has 25 heavy (non-hydrogen) atoms. The Kier molecular flexibility index (Phi) is 6.01. The Hall–Kier alpha value is -1.96. The standard InChI is InChI=1S/C18H26N4O3/c1-14-12-21(8-9-22(14)10-11-23-2)13-17-19-20-18(25-17)15-4-6-16(24-3)7-5-15/h4-7,14H,8-13H2,1-3H3/t14-/m1/s1. The molecule has 0 amide bonds. The minimum atomic E-state index is 0.493. The van der Waals surface area contributed by atoms with Gasteiger partial charge in [-0.25, -0.2) is 0 Å². The number of benzene rings is 1. The van der Waals surface area contributed by atoms with Crippen molar-refractivity contribution < 1.29 is 13.9 Å². The number of hydrogen-bond donors (Lipinski definition) is 0. The van der Waals surface area contributed by atoms with Crippen LogP contribution in [0, 0.1) is 0 Å². The Balaban J connectivity index is 1.56. The summed E-state index contributed by atoms with van der Waals surface area (Å²) >= 11 is 0. The first kappa shape index (κ1) is 17.8. The Morgan fingerprint density at radius 2 is 1.96 bits per heavy atom. The van der Waals surface area contributed by atoms with Crippen molar-refractivity contribution in [2.24, 2.45) is 0 Å². The van der Waals surface area contributed by atoms with Gasteiger partial charge < -0.3 is 13.9 Å². The molecule has 1 aliphatic heterocycles. The number of ether oxygens (including phenoxy) is 2. The van der Waals surface area contributed by atoms with E-state index in [1.807, 2.05) is 24.3 Å². The van der Waals surface area contributed by atoms with Gasteiger partial charge >= 0.3 is 0 Å². The summed E-state index contributed by atoms with van der Waals surface area (Å²) < 4.78 is 16.2. The molecule has 0 unspecified atom stereocenters. The largest absolute Gasteiger partial charge is 0.497 e. The van der Waals surface area contributed by atoms with Crippen LogP contribution >= 0.6 is 0 Å². The van der Waals surface area contributed by atoms with Crippen molar-refractivity contribution in [3.8, 4) is 17.2 Å². The van der Waals surface area contributed by atoms with E-state index in [0.717, 1.165) is 44.1 Å². The lowest BCUT2D eigenvalue weighted by Crippen LogP contribution is -2.52. The van der Waals surface area contributed by atoms with Crippen LogP contribution in [0.4, 0.5) is 0 Å². The topological polar surface area (TPSA) is 63.9 Å². The van der Waals surface area contributed by atoms with E-state index in [4.69, 9.17) is 13.9 Å². The van der Waals surface area contributed by atoms with Gasteiger partial charge in [0.25, 0.3) is 0 Å². The number of piperazine rings is 1. The molecule has 1 aromatic heterocycles. The second kappa shape index (κ2) is 8.42. The number of aromatic nitrogens is 2. The normalized spacial score (nSPS) is 19.2. The predicted molar refractivity (Wildman–Crippen MR) is 94.5 cm³/mol. The van der Waals surface area contributed by atoms with Crippen molar-refractivity contribution in [3.63, 3.8) is 0 Å². The zero-order valence-corrected chi connectivity index (χ0v) is 15.1. The minimum Gasteiger partial charge on any atom is -0.497 e. The summed E-state index contributed by atoms with van der Waals surface area (Å²) in [4.78, 5) is 4.82. The van der Waals surface area contributed by atoms with E-state index in [1.54, 1.807) is 14.2 Å². The Morgan fingerprint density at radius 3 is 2.64 bits per heavy atom. The van der Waals surface area contributed by atoms with Crippen LogP contribution < -0.4 is 4.74 Å². The first-order valence-electron chi connectivity index (χ1n) is 8.61. The molecule has 3 rings (SSSR count). The lowest BCUT2D eigenvalue weighted by atomic mass is 10.2. The molecular weight excluding hydrogens is 320 g/mol. The zero-order chi connectivity index (χ0) is 17.6. The summed E-state index contributed by atoms with van der Waals surface area (Å²) in [5.74, 6) is 2.01. The molecule has 136 valence electrons. The van der Waals surface area contributed by atoms with E-state index in [2.05, 4.69) is 26.9 Å².